The van der Waals surface area contributed by atoms with Gasteiger partial charge in [-0.15, -0.1) is 0 Å². The van der Waals surface area contributed by atoms with Crippen molar-refractivity contribution in [3.05, 3.63) is 59.1 Å². The number of morpholine rings is 1. The molecule has 2 aliphatic rings. The van der Waals surface area contributed by atoms with Gasteiger partial charge < -0.3 is 20.3 Å². The van der Waals surface area contributed by atoms with Gasteiger partial charge in [-0.05, 0) is 37.3 Å². The maximum absolute atomic E-state index is 13.0. The highest BCUT2D eigenvalue weighted by Crippen LogP contribution is 2.33. The second-order valence-corrected chi connectivity index (χ2v) is 8.03. The van der Waals surface area contributed by atoms with Crippen molar-refractivity contribution in [2.24, 2.45) is 0 Å². The molecule has 2 aliphatic heterocycles. The van der Waals surface area contributed by atoms with Gasteiger partial charge in [0, 0.05) is 35.1 Å². The molecule has 2 aromatic carbocycles. The minimum absolute atomic E-state index is 0.366. The molecule has 4 rings (SSSR count). The van der Waals surface area contributed by atoms with Crippen LogP contribution in [0.2, 0.25) is 5.02 Å². The largest absolute Gasteiger partial charge is 0.378 e. The zero-order chi connectivity index (χ0) is 22.0. The number of imide groups is 1. The maximum Gasteiger partial charge on any atom is 0.325 e. The topological polar surface area (TPSA) is 91.0 Å². The number of ether oxygens (including phenoxy) is 1. The summed E-state index contributed by atoms with van der Waals surface area (Å²) in [5.74, 6) is -0.991. The predicted octanol–water partition coefficient (Wildman–Crippen LogP) is 2.58. The molecule has 1 atom stereocenters. The van der Waals surface area contributed by atoms with Crippen molar-refractivity contribution in [2.45, 2.75) is 12.5 Å². The fourth-order valence-electron chi connectivity index (χ4n) is 3.81. The lowest BCUT2D eigenvalue weighted by molar-refractivity contribution is -0.133. The van der Waals surface area contributed by atoms with E-state index in [1.165, 1.54) is 0 Å². The van der Waals surface area contributed by atoms with E-state index < -0.39 is 29.9 Å². The molecule has 2 heterocycles. The van der Waals surface area contributed by atoms with Crippen molar-refractivity contribution in [3.63, 3.8) is 0 Å². The van der Waals surface area contributed by atoms with Crippen molar-refractivity contribution in [1.82, 2.24) is 10.2 Å². The van der Waals surface area contributed by atoms with Gasteiger partial charge in [0.2, 0.25) is 5.91 Å². The molecule has 31 heavy (non-hydrogen) atoms. The lowest BCUT2D eigenvalue weighted by Crippen LogP contribution is -2.42. The number of halogens is 1. The fourth-order valence-corrected chi connectivity index (χ4v) is 4.14. The van der Waals surface area contributed by atoms with Gasteiger partial charge in [-0.2, -0.15) is 0 Å². The number of hydrogen-bond donors (Lipinski definition) is 2. The summed E-state index contributed by atoms with van der Waals surface area (Å²) in [4.78, 5) is 41.1. The first-order valence-corrected chi connectivity index (χ1v) is 10.4. The Morgan fingerprint density at radius 1 is 1.13 bits per heavy atom. The summed E-state index contributed by atoms with van der Waals surface area (Å²) in [5, 5.41) is 5.76. The van der Waals surface area contributed by atoms with Crippen LogP contribution in [0.5, 0.6) is 0 Å². The second kappa shape index (κ2) is 8.56. The van der Waals surface area contributed by atoms with Gasteiger partial charge >= 0.3 is 6.03 Å². The Bertz CT molecular complexity index is 1010. The summed E-state index contributed by atoms with van der Waals surface area (Å²) in [6.45, 7) is 4.21. The van der Waals surface area contributed by atoms with E-state index in [0.717, 1.165) is 23.7 Å². The maximum atomic E-state index is 13.0. The van der Waals surface area contributed by atoms with Crippen LogP contribution in [0.1, 0.15) is 12.5 Å². The first-order chi connectivity index (χ1) is 14.9. The summed E-state index contributed by atoms with van der Waals surface area (Å²) in [6, 6.07) is 13.6. The molecule has 0 saturated carbocycles. The normalized spacial score (nSPS) is 21.2. The first-order valence-electron chi connectivity index (χ1n) is 10.0. The molecule has 8 nitrogen and oxygen atoms in total. The monoisotopic (exact) mass is 442 g/mol. The van der Waals surface area contributed by atoms with E-state index in [9.17, 15) is 14.4 Å². The van der Waals surface area contributed by atoms with E-state index in [4.69, 9.17) is 16.3 Å². The van der Waals surface area contributed by atoms with Gasteiger partial charge in [0.25, 0.3) is 5.91 Å². The van der Waals surface area contributed by atoms with E-state index in [0.29, 0.717) is 29.5 Å². The van der Waals surface area contributed by atoms with Crippen LogP contribution in [0.25, 0.3) is 0 Å². The van der Waals surface area contributed by atoms with Crippen molar-refractivity contribution in [1.29, 1.82) is 0 Å². The number of hydrogen-bond acceptors (Lipinski definition) is 5. The van der Waals surface area contributed by atoms with Crippen molar-refractivity contribution in [3.8, 4) is 0 Å². The quantitative estimate of drug-likeness (QED) is 0.694. The lowest BCUT2D eigenvalue weighted by atomic mass is 9.92. The Hall–Kier alpha value is -3.10. The summed E-state index contributed by atoms with van der Waals surface area (Å²) in [5.41, 5.74) is 0.792. The molecule has 162 valence electrons. The van der Waals surface area contributed by atoms with Gasteiger partial charge in [0.05, 0.1) is 13.2 Å². The van der Waals surface area contributed by atoms with E-state index in [-0.39, 0.29) is 0 Å². The molecule has 4 amide bonds. The van der Waals surface area contributed by atoms with E-state index in [1.807, 2.05) is 12.1 Å². The molecule has 2 fully saturated rings. The number of anilines is 2. The van der Waals surface area contributed by atoms with Crippen molar-refractivity contribution in [2.75, 3.05) is 43.1 Å². The molecular weight excluding hydrogens is 420 g/mol. The smallest absolute Gasteiger partial charge is 0.325 e. The van der Waals surface area contributed by atoms with Gasteiger partial charge in [0.1, 0.15) is 12.1 Å². The molecule has 0 spiro atoms. The van der Waals surface area contributed by atoms with Crippen molar-refractivity contribution >= 4 is 40.8 Å². The Balaban J connectivity index is 1.41. The highest BCUT2D eigenvalue weighted by molar-refractivity contribution is 6.32. The predicted molar refractivity (Wildman–Crippen MR) is 117 cm³/mol. The number of carbonyl (C=O) groups is 3. The summed E-state index contributed by atoms with van der Waals surface area (Å²) in [7, 11) is 0. The average Bonchev–Trinajstić information content (AvgIpc) is 2.99. The number of benzene rings is 2. The summed E-state index contributed by atoms with van der Waals surface area (Å²) >= 11 is 6.22. The standard InChI is InChI=1S/C22H23ClN4O4/c1-22(17-4-2-3-5-18(17)23)20(29)27(21(30)25-22)14-19(28)24-15-6-8-16(9-7-15)26-10-12-31-13-11-26/h2-9H,10-14H2,1H3,(H,24,28)(H,25,30)/t22-/m0/s1. The number of carbonyl (C=O) groups excluding carboxylic acids is 3. The van der Waals surface area contributed by atoms with Crippen LogP contribution in [0.4, 0.5) is 16.2 Å². The van der Waals surface area contributed by atoms with E-state index in [2.05, 4.69) is 15.5 Å². The Morgan fingerprint density at radius 2 is 1.81 bits per heavy atom. The highest BCUT2D eigenvalue weighted by atomic mass is 35.5. The third-order valence-corrected chi connectivity index (χ3v) is 5.85. The van der Waals surface area contributed by atoms with Crippen LogP contribution >= 0.6 is 11.6 Å². The molecule has 0 aliphatic carbocycles. The molecular formula is C22H23ClN4O4. The van der Waals surface area contributed by atoms with Crippen LogP contribution in [-0.2, 0) is 19.9 Å². The van der Waals surface area contributed by atoms with Crippen LogP contribution < -0.4 is 15.5 Å². The summed E-state index contributed by atoms with van der Waals surface area (Å²) < 4.78 is 5.36. The number of nitrogens with zero attached hydrogens (tertiary/aromatic N) is 2. The van der Waals surface area contributed by atoms with Crippen LogP contribution in [-0.4, -0.2) is 55.6 Å². The molecule has 9 heteroatoms. The zero-order valence-electron chi connectivity index (χ0n) is 17.1. The number of rotatable bonds is 5. The zero-order valence-corrected chi connectivity index (χ0v) is 17.8. The number of nitrogens with one attached hydrogen (secondary N) is 2. The molecule has 2 N–H and O–H groups in total. The lowest BCUT2D eigenvalue weighted by Gasteiger charge is -2.28. The third-order valence-electron chi connectivity index (χ3n) is 5.52. The molecule has 2 saturated heterocycles. The molecule has 0 radical (unpaired) electrons. The Morgan fingerprint density at radius 3 is 2.48 bits per heavy atom. The van der Waals surface area contributed by atoms with Crippen molar-refractivity contribution < 1.29 is 19.1 Å². The first kappa shape index (κ1) is 21.1. The van der Waals surface area contributed by atoms with Crippen LogP contribution in [0.3, 0.4) is 0 Å². The van der Waals surface area contributed by atoms with Crippen LogP contribution in [0.15, 0.2) is 48.5 Å². The van der Waals surface area contributed by atoms with E-state index >= 15 is 0 Å². The second-order valence-electron chi connectivity index (χ2n) is 7.62. The Kier molecular flexibility index (Phi) is 5.84. The van der Waals surface area contributed by atoms with Crippen LogP contribution in [0, 0.1) is 0 Å². The molecule has 0 unspecified atom stereocenters. The molecule has 2 aromatic rings. The minimum Gasteiger partial charge on any atom is -0.378 e. The molecule has 0 aromatic heterocycles. The molecule has 0 bridgehead atoms. The fraction of sp³-hybridized carbons (Fsp3) is 0.318. The van der Waals surface area contributed by atoms with Gasteiger partial charge in [-0.3, -0.25) is 14.5 Å². The summed E-state index contributed by atoms with van der Waals surface area (Å²) in [6.07, 6.45) is 0. The van der Waals surface area contributed by atoms with Gasteiger partial charge in [-0.25, -0.2) is 4.79 Å². The Labute approximate surface area is 185 Å². The number of amides is 4. The highest BCUT2D eigenvalue weighted by Gasteiger charge is 2.50. The minimum atomic E-state index is -1.32. The number of urea groups is 1. The van der Waals surface area contributed by atoms with Gasteiger partial charge in [-0.1, -0.05) is 29.8 Å². The van der Waals surface area contributed by atoms with Gasteiger partial charge in [0.15, 0.2) is 0 Å². The van der Waals surface area contributed by atoms with E-state index in [1.54, 1.807) is 43.3 Å². The average molecular weight is 443 g/mol. The SMILES string of the molecule is C[C@@]1(c2ccccc2Cl)NC(=O)N(CC(=O)Nc2ccc(N3CCOCC3)cc2)C1=O. The third kappa shape index (κ3) is 4.22.